The van der Waals surface area contributed by atoms with Crippen LogP contribution in [-0.4, -0.2) is 33.2 Å². The zero-order valence-corrected chi connectivity index (χ0v) is 17.6. The molecule has 1 N–H and O–H groups in total. The van der Waals surface area contributed by atoms with Crippen molar-refractivity contribution in [1.29, 1.82) is 0 Å². The van der Waals surface area contributed by atoms with E-state index in [1.807, 2.05) is 27.7 Å². The van der Waals surface area contributed by atoms with Crippen LogP contribution in [0.15, 0.2) is 9.95 Å². The van der Waals surface area contributed by atoms with Crippen molar-refractivity contribution in [2.24, 2.45) is 0 Å². The second kappa shape index (κ2) is 7.54. The molecule has 0 aliphatic heterocycles. The van der Waals surface area contributed by atoms with E-state index in [-0.39, 0.29) is 10.8 Å². The number of methoxy groups -OCH3 is 1. The van der Waals surface area contributed by atoms with Crippen LogP contribution in [0.3, 0.4) is 0 Å². The molecule has 26 heavy (non-hydrogen) atoms. The Balaban J connectivity index is 1.94. The van der Waals surface area contributed by atoms with E-state index in [1.54, 1.807) is 30.2 Å². The lowest BCUT2D eigenvalue weighted by Gasteiger charge is -2.13. The van der Waals surface area contributed by atoms with Gasteiger partial charge in [-0.15, -0.1) is 11.3 Å². The van der Waals surface area contributed by atoms with E-state index >= 15 is 0 Å². The van der Waals surface area contributed by atoms with Gasteiger partial charge in [0.15, 0.2) is 5.16 Å². The fourth-order valence-electron chi connectivity index (χ4n) is 2.84. The van der Waals surface area contributed by atoms with E-state index in [2.05, 4.69) is 21.5 Å². The minimum absolute atomic E-state index is 0.0164. The van der Waals surface area contributed by atoms with E-state index in [9.17, 15) is 4.79 Å². The zero-order chi connectivity index (χ0) is 19.0. The predicted molar refractivity (Wildman–Crippen MR) is 108 cm³/mol. The Hall–Kier alpha value is -1.64. The molecule has 3 heterocycles. The first-order valence-corrected chi connectivity index (χ1v) is 10.2. The summed E-state index contributed by atoms with van der Waals surface area (Å²) >= 11 is 3.18. The monoisotopic (exact) mass is 392 g/mol. The number of rotatable bonds is 6. The van der Waals surface area contributed by atoms with Gasteiger partial charge < -0.3 is 14.3 Å². The van der Waals surface area contributed by atoms with Gasteiger partial charge in [-0.25, -0.2) is 9.97 Å². The number of hydrogen-bond donors (Lipinski definition) is 1. The van der Waals surface area contributed by atoms with Crippen LogP contribution < -0.4 is 5.56 Å². The molecule has 140 valence electrons. The van der Waals surface area contributed by atoms with E-state index in [1.165, 1.54) is 0 Å². The Morgan fingerprint density at radius 3 is 2.69 bits per heavy atom. The van der Waals surface area contributed by atoms with Crippen LogP contribution in [0.25, 0.3) is 10.2 Å². The Kier molecular flexibility index (Phi) is 5.55. The lowest BCUT2D eigenvalue weighted by Crippen LogP contribution is -2.13. The number of H-pyrrole nitrogens is 1. The molecule has 3 rings (SSSR count). The zero-order valence-electron chi connectivity index (χ0n) is 16.0. The quantitative estimate of drug-likeness (QED) is 0.644. The summed E-state index contributed by atoms with van der Waals surface area (Å²) in [6.45, 7) is 11.5. The third-order valence-corrected chi connectivity index (χ3v) is 6.87. The summed E-state index contributed by atoms with van der Waals surface area (Å²) < 4.78 is 7.38. The van der Waals surface area contributed by atoms with Crippen LogP contribution in [0.1, 0.15) is 39.8 Å². The van der Waals surface area contributed by atoms with Gasteiger partial charge in [0, 0.05) is 24.2 Å². The van der Waals surface area contributed by atoms with E-state index in [0.717, 1.165) is 38.4 Å². The molecule has 3 aromatic heterocycles. The molecule has 3 aromatic rings. The molecule has 0 bridgehead atoms. The topological polar surface area (TPSA) is 72.8 Å². The molecule has 1 atom stereocenters. The van der Waals surface area contributed by atoms with Crippen LogP contribution in [0.4, 0.5) is 0 Å². The Labute approximate surface area is 161 Å². The molecule has 8 heteroatoms. The number of fused-ring (bicyclic) bond motifs is 1. The Morgan fingerprint density at radius 2 is 2.00 bits per heavy atom. The van der Waals surface area contributed by atoms with Crippen molar-refractivity contribution in [2.45, 2.75) is 51.6 Å². The molecule has 0 fully saturated rings. The molecule has 0 spiro atoms. The van der Waals surface area contributed by atoms with Gasteiger partial charge in [0.05, 0.1) is 22.9 Å². The number of aromatic nitrogens is 4. The van der Waals surface area contributed by atoms with Gasteiger partial charge in [-0.05, 0) is 40.2 Å². The second-order valence-electron chi connectivity index (χ2n) is 6.38. The number of nitrogens with one attached hydrogen (secondary N) is 1. The predicted octanol–water partition coefficient (Wildman–Crippen LogP) is 3.91. The summed E-state index contributed by atoms with van der Waals surface area (Å²) in [6, 6.07) is 0. The van der Waals surface area contributed by atoms with Gasteiger partial charge in [0.2, 0.25) is 0 Å². The van der Waals surface area contributed by atoms with Crippen molar-refractivity contribution in [3.8, 4) is 0 Å². The van der Waals surface area contributed by atoms with Gasteiger partial charge in [0.1, 0.15) is 10.7 Å². The van der Waals surface area contributed by atoms with Crippen molar-refractivity contribution < 1.29 is 4.74 Å². The first-order valence-electron chi connectivity index (χ1n) is 8.52. The first kappa shape index (κ1) is 19.1. The lowest BCUT2D eigenvalue weighted by molar-refractivity contribution is 0.184. The molecule has 0 aromatic carbocycles. The average Bonchev–Trinajstić information content (AvgIpc) is 3.02. The van der Waals surface area contributed by atoms with Crippen LogP contribution in [0.5, 0.6) is 0 Å². The number of aromatic amines is 1. The number of aryl methyl sites for hydroxylation is 3. The maximum atomic E-state index is 12.5. The molecule has 0 saturated carbocycles. The second-order valence-corrected chi connectivity index (χ2v) is 8.90. The number of thiophene rings is 1. The highest BCUT2D eigenvalue weighted by Crippen LogP contribution is 2.34. The highest BCUT2D eigenvalue weighted by atomic mass is 32.2. The fourth-order valence-corrected chi connectivity index (χ4v) is 4.96. The summed E-state index contributed by atoms with van der Waals surface area (Å²) in [5, 5.41) is 1.62. The Bertz CT molecular complexity index is 1000. The normalized spacial score (nSPS) is 12.8. The maximum absolute atomic E-state index is 12.5. The number of ether oxygens (including phenoxy) is 1. The number of thioether (sulfide) groups is 1. The van der Waals surface area contributed by atoms with Crippen LogP contribution in [-0.2, 0) is 11.3 Å². The largest absolute Gasteiger partial charge is 0.383 e. The van der Waals surface area contributed by atoms with Crippen LogP contribution in [0, 0.1) is 27.7 Å². The van der Waals surface area contributed by atoms with E-state index in [4.69, 9.17) is 9.72 Å². The van der Waals surface area contributed by atoms with Crippen molar-refractivity contribution in [2.75, 3.05) is 13.7 Å². The van der Waals surface area contributed by atoms with Crippen molar-refractivity contribution in [3.63, 3.8) is 0 Å². The molecule has 0 saturated heterocycles. The maximum Gasteiger partial charge on any atom is 0.259 e. The number of nitrogens with zero attached hydrogens (tertiary/aromatic N) is 3. The molecule has 0 aliphatic carbocycles. The van der Waals surface area contributed by atoms with Gasteiger partial charge in [-0.2, -0.15) is 0 Å². The molecule has 6 nitrogen and oxygen atoms in total. The number of imidazole rings is 1. The minimum Gasteiger partial charge on any atom is -0.383 e. The highest BCUT2D eigenvalue weighted by molar-refractivity contribution is 7.99. The minimum atomic E-state index is -0.0608. The van der Waals surface area contributed by atoms with E-state index in [0.29, 0.717) is 17.8 Å². The fraction of sp³-hybridized carbons (Fsp3) is 0.500. The smallest absolute Gasteiger partial charge is 0.259 e. The van der Waals surface area contributed by atoms with Gasteiger partial charge >= 0.3 is 0 Å². The van der Waals surface area contributed by atoms with Gasteiger partial charge in [-0.1, -0.05) is 11.8 Å². The molecule has 0 aliphatic rings. The Morgan fingerprint density at radius 1 is 1.27 bits per heavy atom. The third kappa shape index (κ3) is 3.45. The lowest BCUT2D eigenvalue weighted by atomic mass is 10.2. The standard InChI is InChI=1S/C18H24N4O2S2/c1-9-12(4)25-17-14(9)16(23)20-15(21-17)13(5)26-18-19-10(2)11(3)22(18)7-8-24-6/h13H,7-8H2,1-6H3,(H,20,21,23). The highest BCUT2D eigenvalue weighted by Gasteiger charge is 2.19. The molecule has 1 unspecified atom stereocenters. The van der Waals surface area contributed by atoms with Gasteiger partial charge in [0.25, 0.3) is 5.56 Å². The van der Waals surface area contributed by atoms with E-state index < -0.39 is 0 Å². The van der Waals surface area contributed by atoms with Crippen LogP contribution in [0.2, 0.25) is 0 Å². The summed E-state index contributed by atoms with van der Waals surface area (Å²) in [6.07, 6.45) is 0. The SMILES string of the molecule is COCCn1c(SC(C)c2nc3sc(C)c(C)c3c(=O)[nH]2)nc(C)c1C. The average molecular weight is 393 g/mol. The molecular formula is C18H24N4O2S2. The first-order chi connectivity index (χ1) is 12.3. The summed E-state index contributed by atoms with van der Waals surface area (Å²) in [5.74, 6) is 0.686. The van der Waals surface area contributed by atoms with Gasteiger partial charge in [-0.3, -0.25) is 4.79 Å². The summed E-state index contributed by atoms with van der Waals surface area (Å²) in [7, 11) is 1.70. The van der Waals surface area contributed by atoms with Crippen molar-refractivity contribution >= 4 is 33.3 Å². The molecule has 0 amide bonds. The van der Waals surface area contributed by atoms with Crippen molar-refractivity contribution in [1.82, 2.24) is 19.5 Å². The van der Waals surface area contributed by atoms with Crippen molar-refractivity contribution in [3.05, 3.63) is 38.0 Å². The van der Waals surface area contributed by atoms with Crippen LogP contribution >= 0.6 is 23.1 Å². The summed E-state index contributed by atoms with van der Waals surface area (Å²) in [5.41, 5.74) is 3.11. The third-order valence-electron chi connectivity index (χ3n) is 4.67. The molecule has 0 radical (unpaired) electrons. The number of hydrogen-bond acceptors (Lipinski definition) is 6. The summed E-state index contributed by atoms with van der Waals surface area (Å²) in [4.78, 5) is 26.8. The molecular weight excluding hydrogens is 368 g/mol.